The van der Waals surface area contributed by atoms with E-state index in [-0.39, 0.29) is 10.8 Å². The van der Waals surface area contributed by atoms with Gasteiger partial charge in [0.25, 0.3) is 15.9 Å². The number of anilines is 3. The fraction of sp³-hybridized carbons (Fsp3) is 0.240. The van der Waals surface area contributed by atoms with Gasteiger partial charge in [-0.1, -0.05) is 29.8 Å². The number of sulfonamides is 1. The minimum atomic E-state index is -3.68. The molecular formula is C25H27N3O3S. The highest BCUT2D eigenvalue weighted by Gasteiger charge is 2.22. The number of nitrogens with zero attached hydrogens (tertiary/aromatic N) is 2. The molecule has 7 heteroatoms. The molecule has 1 N–H and O–H groups in total. The first-order chi connectivity index (χ1) is 15.4. The molecule has 3 aromatic rings. The lowest BCUT2D eigenvalue weighted by Gasteiger charge is -2.22. The van der Waals surface area contributed by atoms with E-state index in [4.69, 9.17) is 0 Å². The second kappa shape index (κ2) is 9.04. The average molecular weight is 450 g/mol. The van der Waals surface area contributed by atoms with Crippen molar-refractivity contribution >= 4 is 33.0 Å². The maximum Gasteiger partial charge on any atom is 0.264 e. The SMILES string of the molecule is Cc1ccc(S(=O)(=O)N(C)c2ccc(C(=O)Nc3ccccc3N3CCCC3)cc2)cc1. The molecule has 1 aliphatic rings. The molecule has 0 aromatic heterocycles. The molecule has 1 fully saturated rings. The number of hydrogen-bond donors (Lipinski definition) is 1. The van der Waals surface area contributed by atoms with Crippen molar-refractivity contribution in [3.8, 4) is 0 Å². The van der Waals surface area contributed by atoms with E-state index in [1.807, 2.05) is 31.2 Å². The third kappa shape index (κ3) is 4.48. The van der Waals surface area contributed by atoms with Gasteiger partial charge in [-0.3, -0.25) is 9.10 Å². The van der Waals surface area contributed by atoms with Crippen LogP contribution in [0.4, 0.5) is 17.1 Å². The number of aryl methyl sites for hydroxylation is 1. The zero-order valence-corrected chi connectivity index (χ0v) is 19.1. The van der Waals surface area contributed by atoms with Crippen molar-refractivity contribution in [3.63, 3.8) is 0 Å². The summed E-state index contributed by atoms with van der Waals surface area (Å²) in [7, 11) is -2.17. The molecule has 1 saturated heterocycles. The second-order valence-electron chi connectivity index (χ2n) is 8.00. The normalized spacial score (nSPS) is 13.8. The predicted octanol–water partition coefficient (Wildman–Crippen LogP) is 4.67. The topological polar surface area (TPSA) is 69.7 Å². The summed E-state index contributed by atoms with van der Waals surface area (Å²) in [5, 5.41) is 3.00. The number of amides is 1. The maximum absolute atomic E-state index is 12.9. The molecule has 0 bridgehead atoms. The van der Waals surface area contributed by atoms with Crippen LogP contribution in [0.3, 0.4) is 0 Å². The summed E-state index contributed by atoms with van der Waals surface area (Å²) in [6, 6.07) is 21.1. The van der Waals surface area contributed by atoms with E-state index in [1.165, 1.54) is 11.4 Å². The number of nitrogens with one attached hydrogen (secondary N) is 1. The summed E-state index contributed by atoms with van der Waals surface area (Å²) in [6.45, 7) is 3.89. The molecule has 1 heterocycles. The fourth-order valence-electron chi connectivity index (χ4n) is 3.84. The van der Waals surface area contributed by atoms with Crippen LogP contribution in [0.25, 0.3) is 0 Å². The standard InChI is InChI=1S/C25H27N3O3S/c1-19-9-15-22(16-10-19)32(30,31)27(2)21-13-11-20(12-14-21)25(29)26-23-7-3-4-8-24(23)28-17-5-6-18-28/h3-4,7-16H,5-6,17-18H2,1-2H3,(H,26,29). The largest absolute Gasteiger partial charge is 0.370 e. The molecule has 166 valence electrons. The van der Waals surface area contributed by atoms with Crippen molar-refractivity contribution in [2.75, 3.05) is 34.7 Å². The molecule has 0 unspecified atom stereocenters. The zero-order valence-electron chi connectivity index (χ0n) is 18.3. The number of para-hydroxylation sites is 2. The zero-order chi connectivity index (χ0) is 22.7. The maximum atomic E-state index is 12.9. The van der Waals surface area contributed by atoms with Crippen LogP contribution in [0.2, 0.25) is 0 Å². The summed E-state index contributed by atoms with van der Waals surface area (Å²) in [6.07, 6.45) is 2.31. The average Bonchev–Trinajstić information content (AvgIpc) is 3.34. The van der Waals surface area contributed by atoms with E-state index >= 15 is 0 Å². The Morgan fingerprint density at radius 3 is 2.19 bits per heavy atom. The smallest absolute Gasteiger partial charge is 0.264 e. The van der Waals surface area contributed by atoms with E-state index in [2.05, 4.69) is 10.2 Å². The van der Waals surface area contributed by atoms with Crippen molar-refractivity contribution in [1.29, 1.82) is 0 Å². The van der Waals surface area contributed by atoms with E-state index in [0.717, 1.165) is 42.9 Å². The van der Waals surface area contributed by atoms with Gasteiger partial charge in [-0.25, -0.2) is 8.42 Å². The third-order valence-corrected chi connectivity index (χ3v) is 7.57. The van der Waals surface area contributed by atoms with Gasteiger partial charge in [0, 0.05) is 25.7 Å². The highest BCUT2D eigenvalue weighted by Crippen LogP contribution is 2.29. The quantitative estimate of drug-likeness (QED) is 0.594. The van der Waals surface area contributed by atoms with Crippen LogP contribution < -0.4 is 14.5 Å². The van der Waals surface area contributed by atoms with Crippen LogP contribution in [0.5, 0.6) is 0 Å². The number of rotatable bonds is 6. The summed E-state index contributed by atoms with van der Waals surface area (Å²) in [5.74, 6) is -0.229. The summed E-state index contributed by atoms with van der Waals surface area (Å²) >= 11 is 0. The highest BCUT2D eigenvalue weighted by atomic mass is 32.2. The molecule has 0 radical (unpaired) electrons. The summed E-state index contributed by atoms with van der Waals surface area (Å²) < 4.78 is 27.0. The number of carbonyl (C=O) groups excluding carboxylic acids is 1. The third-order valence-electron chi connectivity index (χ3n) is 5.77. The lowest BCUT2D eigenvalue weighted by Crippen LogP contribution is -2.26. The van der Waals surface area contributed by atoms with Crippen LogP contribution in [0.1, 0.15) is 28.8 Å². The fourth-order valence-corrected chi connectivity index (χ4v) is 5.03. The minimum absolute atomic E-state index is 0.228. The van der Waals surface area contributed by atoms with E-state index in [0.29, 0.717) is 11.3 Å². The first-order valence-electron chi connectivity index (χ1n) is 10.7. The van der Waals surface area contributed by atoms with Gasteiger partial charge in [-0.05, 0) is 68.3 Å². The molecule has 32 heavy (non-hydrogen) atoms. The molecule has 4 rings (SSSR count). The highest BCUT2D eigenvalue weighted by molar-refractivity contribution is 7.92. The van der Waals surface area contributed by atoms with Gasteiger partial charge in [0.2, 0.25) is 0 Å². The van der Waals surface area contributed by atoms with Gasteiger partial charge < -0.3 is 10.2 Å². The van der Waals surface area contributed by atoms with Gasteiger partial charge in [0.15, 0.2) is 0 Å². The first kappa shape index (κ1) is 21.9. The summed E-state index contributed by atoms with van der Waals surface area (Å²) in [4.78, 5) is 15.4. The predicted molar refractivity (Wildman–Crippen MR) is 129 cm³/mol. The van der Waals surface area contributed by atoms with Crippen molar-refractivity contribution in [2.24, 2.45) is 0 Å². The Bertz CT molecular complexity index is 1200. The van der Waals surface area contributed by atoms with Crippen LogP contribution in [-0.2, 0) is 10.0 Å². The second-order valence-corrected chi connectivity index (χ2v) is 9.97. The first-order valence-corrected chi connectivity index (χ1v) is 12.1. The van der Waals surface area contributed by atoms with Crippen LogP contribution in [0, 0.1) is 6.92 Å². The van der Waals surface area contributed by atoms with E-state index in [1.54, 1.807) is 48.5 Å². The van der Waals surface area contributed by atoms with E-state index < -0.39 is 10.0 Å². The Balaban J connectivity index is 1.50. The molecule has 1 aliphatic heterocycles. The number of carbonyl (C=O) groups is 1. The molecule has 6 nitrogen and oxygen atoms in total. The van der Waals surface area contributed by atoms with Crippen molar-refractivity contribution in [1.82, 2.24) is 0 Å². The van der Waals surface area contributed by atoms with Gasteiger partial charge in [0.1, 0.15) is 0 Å². The van der Waals surface area contributed by atoms with Crippen LogP contribution >= 0.6 is 0 Å². The van der Waals surface area contributed by atoms with Crippen LogP contribution in [0.15, 0.2) is 77.7 Å². The Hall–Kier alpha value is -3.32. The molecule has 0 spiro atoms. The van der Waals surface area contributed by atoms with Crippen molar-refractivity contribution < 1.29 is 13.2 Å². The van der Waals surface area contributed by atoms with Gasteiger partial charge in [0.05, 0.1) is 22.0 Å². The Morgan fingerprint density at radius 1 is 0.906 bits per heavy atom. The van der Waals surface area contributed by atoms with Crippen LogP contribution in [-0.4, -0.2) is 34.5 Å². The molecule has 3 aromatic carbocycles. The van der Waals surface area contributed by atoms with E-state index in [9.17, 15) is 13.2 Å². The summed E-state index contributed by atoms with van der Waals surface area (Å²) in [5.41, 5.74) is 3.75. The Kier molecular flexibility index (Phi) is 6.19. The van der Waals surface area contributed by atoms with Crippen molar-refractivity contribution in [3.05, 3.63) is 83.9 Å². The lowest BCUT2D eigenvalue weighted by molar-refractivity contribution is 0.102. The molecule has 0 atom stereocenters. The van der Waals surface area contributed by atoms with Gasteiger partial charge in [-0.2, -0.15) is 0 Å². The Morgan fingerprint density at radius 2 is 1.53 bits per heavy atom. The number of hydrogen-bond acceptors (Lipinski definition) is 4. The molecule has 0 aliphatic carbocycles. The van der Waals surface area contributed by atoms with Crippen molar-refractivity contribution in [2.45, 2.75) is 24.7 Å². The molecule has 0 saturated carbocycles. The molecule has 1 amide bonds. The minimum Gasteiger partial charge on any atom is -0.370 e. The van der Waals surface area contributed by atoms with Gasteiger partial charge >= 0.3 is 0 Å². The van der Waals surface area contributed by atoms with Gasteiger partial charge in [-0.15, -0.1) is 0 Å². The number of benzene rings is 3. The Labute approximate surface area is 189 Å². The lowest BCUT2D eigenvalue weighted by atomic mass is 10.1. The monoisotopic (exact) mass is 449 g/mol. The molecular weight excluding hydrogens is 422 g/mol.